The van der Waals surface area contributed by atoms with Crippen LogP contribution in [0.2, 0.25) is 0 Å². The zero-order chi connectivity index (χ0) is 17.7. The van der Waals surface area contributed by atoms with E-state index in [1.807, 2.05) is 42.5 Å². The third kappa shape index (κ3) is 3.99. The first kappa shape index (κ1) is 17.4. The van der Waals surface area contributed by atoms with Crippen LogP contribution in [-0.2, 0) is 9.36 Å². The molecule has 1 unspecified atom stereocenters. The van der Waals surface area contributed by atoms with Gasteiger partial charge in [0.15, 0.2) is 7.29 Å². The van der Waals surface area contributed by atoms with E-state index >= 15 is 0 Å². The number of nitrogens with zero attached hydrogens (tertiary/aromatic N) is 1. The van der Waals surface area contributed by atoms with E-state index < -0.39 is 13.2 Å². The van der Waals surface area contributed by atoms with Crippen molar-refractivity contribution in [3.05, 3.63) is 66.7 Å². The van der Waals surface area contributed by atoms with Crippen LogP contribution in [0.4, 0.5) is 0 Å². The van der Waals surface area contributed by atoms with Crippen molar-refractivity contribution in [2.75, 3.05) is 19.3 Å². The first-order chi connectivity index (χ1) is 12.1. The molecule has 7 heteroatoms. The van der Waals surface area contributed by atoms with E-state index in [9.17, 15) is 9.36 Å². The number of hydrogen-bond acceptors (Lipinski definition) is 4. The number of benzene rings is 2. The van der Waals surface area contributed by atoms with Crippen LogP contribution in [-0.4, -0.2) is 35.0 Å². The number of carbonyl (C=O) groups excluding carboxylic acids is 1. The minimum Gasteiger partial charge on any atom is -0.457 e. The van der Waals surface area contributed by atoms with Crippen LogP contribution in [0.5, 0.6) is 11.5 Å². The summed E-state index contributed by atoms with van der Waals surface area (Å²) < 4.78 is 20.8. The van der Waals surface area contributed by atoms with E-state index in [-0.39, 0.29) is 6.54 Å². The summed E-state index contributed by atoms with van der Waals surface area (Å²) in [5.74, 6) is 0.789. The molecule has 1 aliphatic rings. The van der Waals surface area contributed by atoms with Crippen molar-refractivity contribution in [3.8, 4) is 11.5 Å². The topological polar surface area (TPSA) is 78.9 Å². The van der Waals surface area contributed by atoms with Gasteiger partial charge in [-0.15, -0.1) is 0 Å². The number of hydrogen-bond donors (Lipinski definition) is 2. The van der Waals surface area contributed by atoms with Crippen LogP contribution >= 0.6 is 7.29 Å². The van der Waals surface area contributed by atoms with Gasteiger partial charge in [0.1, 0.15) is 11.5 Å². The molecule has 0 bridgehead atoms. The third-order valence-electron chi connectivity index (χ3n) is 3.96. The molecule has 0 saturated heterocycles. The fourth-order valence-corrected chi connectivity index (χ4v) is 5.21. The molecule has 1 atom stereocenters. The van der Waals surface area contributed by atoms with E-state index in [0.717, 1.165) is 5.75 Å². The molecular weight excluding hydrogens is 339 g/mol. The lowest BCUT2D eigenvalue weighted by Gasteiger charge is -2.32. The van der Waals surface area contributed by atoms with Gasteiger partial charge in [-0.05, 0) is 36.4 Å². The standard InChI is InChI=1S/C18H19N2O4P/c21-18(19-22)14-20-12-4-5-13-25(20,23)17-10-8-16(9-11-17)24-15-6-2-1-3-7-15/h1-11,22H,12-14H2,(H,19,21). The van der Waals surface area contributed by atoms with Gasteiger partial charge in [-0.1, -0.05) is 30.4 Å². The number of hydroxylamine groups is 1. The predicted octanol–water partition coefficient (Wildman–Crippen LogP) is 2.76. The van der Waals surface area contributed by atoms with Crippen LogP contribution in [0.3, 0.4) is 0 Å². The molecule has 1 heterocycles. The van der Waals surface area contributed by atoms with Gasteiger partial charge >= 0.3 is 0 Å². The van der Waals surface area contributed by atoms with Crippen molar-refractivity contribution in [2.45, 2.75) is 0 Å². The fourth-order valence-electron chi connectivity index (χ4n) is 2.68. The summed E-state index contributed by atoms with van der Waals surface area (Å²) in [6.07, 6.45) is 4.08. The van der Waals surface area contributed by atoms with Crippen LogP contribution < -0.4 is 15.5 Å². The first-order valence-corrected chi connectivity index (χ1v) is 9.72. The summed E-state index contributed by atoms with van der Waals surface area (Å²) in [4.78, 5) is 11.5. The number of allylic oxidation sites excluding steroid dienone is 1. The van der Waals surface area contributed by atoms with Gasteiger partial charge in [-0.25, -0.2) is 10.2 Å². The number of amides is 1. The lowest BCUT2D eigenvalue weighted by molar-refractivity contribution is -0.129. The molecule has 2 aromatic rings. The second-order valence-electron chi connectivity index (χ2n) is 5.65. The van der Waals surface area contributed by atoms with Gasteiger partial charge in [-0.3, -0.25) is 10.0 Å². The normalized spacial score (nSPS) is 20.2. The largest absolute Gasteiger partial charge is 0.457 e. The Kier molecular flexibility index (Phi) is 5.34. The fraction of sp³-hybridized carbons (Fsp3) is 0.167. The van der Waals surface area contributed by atoms with Crippen molar-refractivity contribution in [3.63, 3.8) is 0 Å². The molecule has 0 saturated carbocycles. The number of para-hydroxylation sites is 1. The molecule has 25 heavy (non-hydrogen) atoms. The van der Waals surface area contributed by atoms with Crippen molar-refractivity contribution >= 4 is 18.5 Å². The molecule has 3 rings (SSSR count). The van der Waals surface area contributed by atoms with E-state index in [1.165, 1.54) is 0 Å². The highest BCUT2D eigenvalue weighted by Gasteiger charge is 2.34. The Hall–Kier alpha value is -2.40. The van der Waals surface area contributed by atoms with E-state index in [4.69, 9.17) is 9.94 Å². The molecule has 1 aliphatic heterocycles. The van der Waals surface area contributed by atoms with Crippen LogP contribution in [0.1, 0.15) is 0 Å². The highest BCUT2D eigenvalue weighted by atomic mass is 31.2. The van der Waals surface area contributed by atoms with Gasteiger partial charge in [0.05, 0.1) is 6.54 Å². The lowest BCUT2D eigenvalue weighted by Crippen LogP contribution is -2.38. The SMILES string of the molecule is O=C(CN1CC=CCP1(=O)c1ccc(Oc2ccccc2)cc1)NO. The second kappa shape index (κ2) is 7.66. The summed E-state index contributed by atoms with van der Waals surface area (Å²) in [6.45, 7) is 0.271. The average molecular weight is 358 g/mol. The van der Waals surface area contributed by atoms with Crippen LogP contribution in [0.15, 0.2) is 66.7 Å². The smallest absolute Gasteiger partial charge is 0.257 e. The van der Waals surface area contributed by atoms with Gasteiger partial charge in [0, 0.05) is 18.0 Å². The number of ether oxygens (including phenoxy) is 1. The van der Waals surface area contributed by atoms with E-state index in [0.29, 0.717) is 23.8 Å². The van der Waals surface area contributed by atoms with Gasteiger partial charge in [0.2, 0.25) is 0 Å². The lowest BCUT2D eigenvalue weighted by atomic mass is 10.3. The first-order valence-electron chi connectivity index (χ1n) is 7.88. The van der Waals surface area contributed by atoms with Crippen molar-refractivity contribution in [2.24, 2.45) is 0 Å². The van der Waals surface area contributed by atoms with Crippen molar-refractivity contribution in [1.29, 1.82) is 0 Å². The van der Waals surface area contributed by atoms with Crippen LogP contribution in [0, 0.1) is 0 Å². The zero-order valence-electron chi connectivity index (χ0n) is 13.5. The zero-order valence-corrected chi connectivity index (χ0v) is 14.4. The maximum atomic E-state index is 13.5. The summed E-state index contributed by atoms with van der Waals surface area (Å²) in [6, 6.07) is 16.5. The number of rotatable bonds is 5. The maximum absolute atomic E-state index is 13.5. The maximum Gasteiger partial charge on any atom is 0.257 e. The summed E-state index contributed by atoms with van der Waals surface area (Å²) >= 11 is 0. The quantitative estimate of drug-likeness (QED) is 0.372. The molecule has 0 fully saturated rings. The van der Waals surface area contributed by atoms with E-state index in [1.54, 1.807) is 34.4 Å². The Morgan fingerprint density at radius 3 is 2.44 bits per heavy atom. The minimum absolute atomic E-state index is 0.125. The summed E-state index contributed by atoms with van der Waals surface area (Å²) in [5, 5.41) is 9.39. The molecule has 1 amide bonds. The monoisotopic (exact) mass is 358 g/mol. The average Bonchev–Trinajstić information content (AvgIpc) is 2.65. The Morgan fingerprint density at radius 1 is 1.08 bits per heavy atom. The Morgan fingerprint density at radius 2 is 1.76 bits per heavy atom. The van der Waals surface area contributed by atoms with Gasteiger partial charge < -0.3 is 9.30 Å². The molecule has 2 aromatic carbocycles. The molecule has 2 N–H and O–H groups in total. The molecule has 0 spiro atoms. The highest BCUT2D eigenvalue weighted by molar-refractivity contribution is 7.69. The van der Waals surface area contributed by atoms with Crippen molar-refractivity contribution < 1.29 is 19.3 Å². The molecular formula is C18H19N2O4P. The highest BCUT2D eigenvalue weighted by Crippen LogP contribution is 2.50. The number of carbonyl (C=O) groups is 1. The minimum atomic E-state index is -2.93. The Bertz CT molecular complexity index is 806. The molecule has 0 aliphatic carbocycles. The Labute approximate surface area is 146 Å². The van der Waals surface area contributed by atoms with Crippen molar-refractivity contribution in [1.82, 2.24) is 10.2 Å². The van der Waals surface area contributed by atoms with Gasteiger partial charge in [0.25, 0.3) is 5.91 Å². The third-order valence-corrected chi connectivity index (χ3v) is 6.99. The summed E-state index contributed by atoms with van der Waals surface area (Å²) in [5.41, 5.74) is 1.59. The van der Waals surface area contributed by atoms with E-state index in [2.05, 4.69) is 0 Å². The predicted molar refractivity (Wildman–Crippen MR) is 95.7 cm³/mol. The van der Waals surface area contributed by atoms with Gasteiger partial charge in [-0.2, -0.15) is 0 Å². The molecule has 0 aromatic heterocycles. The number of nitrogens with one attached hydrogen (secondary N) is 1. The molecule has 0 radical (unpaired) electrons. The Balaban J connectivity index is 1.80. The molecule has 130 valence electrons. The molecule has 6 nitrogen and oxygen atoms in total. The summed E-state index contributed by atoms with van der Waals surface area (Å²) in [7, 11) is -2.93. The second-order valence-corrected chi connectivity index (χ2v) is 8.50. The van der Waals surface area contributed by atoms with Crippen LogP contribution in [0.25, 0.3) is 0 Å².